The van der Waals surface area contributed by atoms with Crippen molar-refractivity contribution in [2.24, 2.45) is 5.41 Å². The second-order valence-corrected chi connectivity index (χ2v) is 12.1. The van der Waals surface area contributed by atoms with Gasteiger partial charge < -0.3 is 20.3 Å². The molecule has 0 saturated carbocycles. The molecule has 7 heteroatoms. The van der Waals surface area contributed by atoms with Gasteiger partial charge in [0, 0.05) is 44.4 Å². The molecule has 0 aromatic heterocycles. The van der Waals surface area contributed by atoms with Gasteiger partial charge >= 0.3 is 5.97 Å². The van der Waals surface area contributed by atoms with E-state index in [-0.39, 0.29) is 48.2 Å². The van der Waals surface area contributed by atoms with Gasteiger partial charge in [-0.15, -0.1) is 0 Å². The summed E-state index contributed by atoms with van der Waals surface area (Å²) in [7, 11) is 0. The molecule has 3 rings (SSSR count). The molecule has 1 aliphatic rings. The van der Waals surface area contributed by atoms with E-state index >= 15 is 0 Å². The summed E-state index contributed by atoms with van der Waals surface area (Å²) in [5.41, 5.74) is 2.10. The predicted octanol–water partition coefficient (Wildman–Crippen LogP) is 5.21. The monoisotopic (exact) mass is 549 g/mol. The highest BCUT2D eigenvalue weighted by Gasteiger charge is 2.32. The van der Waals surface area contributed by atoms with E-state index in [0.29, 0.717) is 38.9 Å². The molecule has 2 amide bonds. The van der Waals surface area contributed by atoms with Crippen LogP contribution in [0.2, 0.25) is 0 Å². The Morgan fingerprint density at radius 3 is 2.38 bits per heavy atom. The van der Waals surface area contributed by atoms with Gasteiger partial charge in [-0.2, -0.15) is 0 Å². The minimum Gasteiger partial charge on any atom is -0.461 e. The summed E-state index contributed by atoms with van der Waals surface area (Å²) >= 11 is 0. The molecule has 1 fully saturated rings. The Labute approximate surface area is 240 Å². The van der Waals surface area contributed by atoms with E-state index in [1.165, 1.54) is 5.56 Å². The maximum absolute atomic E-state index is 13.7. The molecule has 3 atom stereocenters. The van der Waals surface area contributed by atoms with Crippen LogP contribution in [-0.2, 0) is 25.7 Å². The number of hydrogen-bond donors (Lipinski definition) is 2. The molecule has 0 unspecified atom stereocenters. The number of nitrogens with one attached hydrogen (secondary N) is 2. The van der Waals surface area contributed by atoms with E-state index in [4.69, 9.17) is 4.74 Å². The van der Waals surface area contributed by atoms with Crippen molar-refractivity contribution in [2.45, 2.75) is 90.8 Å². The minimum atomic E-state index is -0.420. The molecule has 0 radical (unpaired) electrons. The van der Waals surface area contributed by atoms with Crippen molar-refractivity contribution in [1.82, 2.24) is 15.5 Å². The molecule has 0 bridgehead atoms. The molecule has 0 aliphatic carbocycles. The Morgan fingerprint density at radius 1 is 1.05 bits per heavy atom. The summed E-state index contributed by atoms with van der Waals surface area (Å²) in [5, 5.41) is 6.52. The van der Waals surface area contributed by atoms with Crippen molar-refractivity contribution in [1.29, 1.82) is 0 Å². The summed E-state index contributed by atoms with van der Waals surface area (Å²) in [6.45, 7) is 10.2. The van der Waals surface area contributed by atoms with Crippen molar-refractivity contribution < 1.29 is 19.1 Å². The summed E-state index contributed by atoms with van der Waals surface area (Å²) in [4.78, 5) is 40.6. The lowest BCUT2D eigenvalue weighted by atomic mass is 9.92. The summed E-state index contributed by atoms with van der Waals surface area (Å²) in [6.07, 6.45) is 3.52. The standard InChI is InChI=1S/C33H47N3O4/c1-5-26(27-14-10-7-11-15-27)23-36-21-19-28(16-17-31(38)40-24-25-12-8-6-9-13-25)35-29(32(36)39)18-20-34-30(37)22-33(2,3)4/h6-15,26,28-29,35H,5,16-24H2,1-4H3,(H,34,37)/t26-,28-,29+/m1/s1. The Bertz CT molecular complexity index is 1070. The average molecular weight is 550 g/mol. The average Bonchev–Trinajstić information content (AvgIpc) is 3.07. The molecule has 1 saturated heterocycles. The predicted molar refractivity (Wildman–Crippen MR) is 159 cm³/mol. The molecule has 218 valence electrons. The summed E-state index contributed by atoms with van der Waals surface area (Å²) in [6, 6.07) is 19.6. The number of carbonyl (C=O) groups is 3. The topological polar surface area (TPSA) is 87.7 Å². The fraction of sp³-hybridized carbons (Fsp3) is 0.545. The molecule has 1 aliphatic heterocycles. The first-order valence-electron chi connectivity index (χ1n) is 14.7. The smallest absolute Gasteiger partial charge is 0.306 e. The number of amides is 2. The largest absolute Gasteiger partial charge is 0.461 e. The third-order valence-electron chi connectivity index (χ3n) is 7.38. The van der Waals surface area contributed by atoms with E-state index in [9.17, 15) is 14.4 Å². The first kappa shape index (κ1) is 31.3. The molecule has 2 aromatic rings. The molecule has 0 spiro atoms. The normalized spacial score (nSPS) is 18.6. The number of nitrogens with zero attached hydrogens (tertiary/aromatic N) is 1. The zero-order chi connectivity index (χ0) is 29.0. The number of benzene rings is 2. The number of hydrogen-bond acceptors (Lipinski definition) is 5. The maximum Gasteiger partial charge on any atom is 0.306 e. The van der Waals surface area contributed by atoms with Crippen LogP contribution >= 0.6 is 0 Å². The Morgan fingerprint density at radius 2 is 1.73 bits per heavy atom. The second kappa shape index (κ2) is 15.6. The maximum atomic E-state index is 13.7. The van der Waals surface area contributed by atoms with Gasteiger partial charge in [-0.1, -0.05) is 88.4 Å². The number of esters is 1. The van der Waals surface area contributed by atoms with E-state index in [2.05, 4.69) is 29.7 Å². The fourth-order valence-corrected chi connectivity index (χ4v) is 5.16. The molecule has 2 aromatic carbocycles. The van der Waals surface area contributed by atoms with E-state index in [0.717, 1.165) is 18.4 Å². The molecular formula is C33H47N3O4. The number of carbonyl (C=O) groups excluding carboxylic acids is 3. The highest BCUT2D eigenvalue weighted by atomic mass is 16.5. The SMILES string of the molecule is CC[C@H](CN1CC[C@@H](CCC(=O)OCc2ccccc2)N[C@@H](CCNC(=O)CC(C)(C)C)C1=O)c1ccccc1. The van der Waals surface area contributed by atoms with Crippen molar-refractivity contribution in [3.63, 3.8) is 0 Å². The molecule has 40 heavy (non-hydrogen) atoms. The summed E-state index contributed by atoms with van der Waals surface area (Å²) < 4.78 is 5.48. The Kier molecular flexibility index (Phi) is 12.2. The van der Waals surface area contributed by atoms with Crippen molar-refractivity contribution >= 4 is 17.8 Å². The zero-order valence-corrected chi connectivity index (χ0v) is 24.7. The van der Waals surface area contributed by atoms with Crippen LogP contribution in [-0.4, -0.2) is 54.4 Å². The van der Waals surface area contributed by atoms with Crippen LogP contribution in [0.1, 0.15) is 83.3 Å². The van der Waals surface area contributed by atoms with Gasteiger partial charge in [0.1, 0.15) is 6.61 Å². The van der Waals surface area contributed by atoms with Gasteiger partial charge in [-0.3, -0.25) is 14.4 Å². The van der Waals surface area contributed by atoms with Gasteiger partial charge in [0.2, 0.25) is 11.8 Å². The first-order chi connectivity index (χ1) is 19.1. The van der Waals surface area contributed by atoms with E-state index in [1.54, 1.807) is 0 Å². The van der Waals surface area contributed by atoms with E-state index < -0.39 is 6.04 Å². The quantitative estimate of drug-likeness (QED) is 0.335. The summed E-state index contributed by atoms with van der Waals surface area (Å²) in [5.74, 6) is 0.0767. The van der Waals surface area contributed by atoms with Gasteiger partial charge in [-0.25, -0.2) is 0 Å². The van der Waals surface area contributed by atoms with Crippen LogP contribution < -0.4 is 10.6 Å². The van der Waals surface area contributed by atoms with Gasteiger partial charge in [-0.05, 0) is 42.2 Å². The molecular weight excluding hydrogens is 502 g/mol. The zero-order valence-electron chi connectivity index (χ0n) is 24.7. The fourth-order valence-electron chi connectivity index (χ4n) is 5.16. The van der Waals surface area contributed by atoms with Crippen LogP contribution in [0.25, 0.3) is 0 Å². The van der Waals surface area contributed by atoms with Crippen LogP contribution in [0.3, 0.4) is 0 Å². The lowest BCUT2D eigenvalue weighted by Gasteiger charge is -2.28. The van der Waals surface area contributed by atoms with Crippen molar-refractivity contribution in [3.05, 3.63) is 71.8 Å². The minimum absolute atomic E-state index is 0.00161. The third-order valence-corrected chi connectivity index (χ3v) is 7.38. The second-order valence-electron chi connectivity index (χ2n) is 12.1. The number of ether oxygens (including phenoxy) is 1. The Hall–Kier alpha value is -3.19. The van der Waals surface area contributed by atoms with Crippen LogP contribution in [0.4, 0.5) is 0 Å². The van der Waals surface area contributed by atoms with Crippen molar-refractivity contribution in [2.75, 3.05) is 19.6 Å². The van der Waals surface area contributed by atoms with E-state index in [1.807, 2.05) is 74.2 Å². The lowest BCUT2D eigenvalue weighted by molar-refractivity contribution is -0.145. The number of rotatable bonds is 13. The molecule has 2 N–H and O–H groups in total. The van der Waals surface area contributed by atoms with Crippen LogP contribution in [0.5, 0.6) is 0 Å². The highest BCUT2D eigenvalue weighted by molar-refractivity contribution is 5.82. The van der Waals surface area contributed by atoms with Gasteiger partial charge in [0.25, 0.3) is 0 Å². The Balaban J connectivity index is 1.62. The van der Waals surface area contributed by atoms with Gasteiger partial charge in [0.05, 0.1) is 6.04 Å². The highest BCUT2D eigenvalue weighted by Crippen LogP contribution is 2.23. The lowest BCUT2D eigenvalue weighted by Crippen LogP contribution is -2.48. The van der Waals surface area contributed by atoms with Gasteiger partial charge in [0.15, 0.2) is 0 Å². The molecule has 7 nitrogen and oxygen atoms in total. The van der Waals surface area contributed by atoms with Crippen LogP contribution in [0, 0.1) is 5.41 Å². The molecule has 1 heterocycles. The van der Waals surface area contributed by atoms with Crippen molar-refractivity contribution in [3.8, 4) is 0 Å². The van der Waals surface area contributed by atoms with Crippen LogP contribution in [0.15, 0.2) is 60.7 Å². The first-order valence-corrected chi connectivity index (χ1v) is 14.7. The third kappa shape index (κ3) is 10.8.